The van der Waals surface area contributed by atoms with Gasteiger partial charge in [0.05, 0.1) is 66.4 Å². The zero-order chi connectivity index (χ0) is 47.2. The first-order valence-electron chi connectivity index (χ1n) is 24.1. The number of amides is 1. The van der Waals surface area contributed by atoms with Crippen LogP contribution >= 0.6 is 0 Å². The highest BCUT2D eigenvalue weighted by Gasteiger charge is 2.45. The fourth-order valence-electron chi connectivity index (χ4n) is 11.3. The Bertz CT molecular complexity index is 2400. The Kier molecular flexibility index (Phi) is 15.8. The SMILES string of the molecule is CCO[C@H]1OC(C(=O)N2CCc3cc(OC)c(OC)cc3[C@H]2C[C@H]2C[C@H]3c4cc(OC)c(OC)cc4CCN3C[C@@H]2CC)=C[C@@H](c2cn(C(C)=O)c3ccccc23)[C@@H]1CCOCCOCCO. The Hall–Kier alpha value is -5.12. The number of aliphatic hydroxyl groups is 1. The van der Waals surface area contributed by atoms with E-state index >= 15 is 4.79 Å². The first-order chi connectivity index (χ1) is 32.7. The highest BCUT2D eigenvalue weighted by molar-refractivity contribution is 5.95. The van der Waals surface area contributed by atoms with Crippen molar-refractivity contribution >= 4 is 22.7 Å². The molecule has 1 amide bonds. The van der Waals surface area contributed by atoms with Crippen LogP contribution in [0.5, 0.6) is 23.0 Å². The fraction of sp³-hybridized carbons (Fsp3) is 0.547. The number of aliphatic hydroxyl groups excluding tert-OH is 1. The van der Waals surface area contributed by atoms with Crippen molar-refractivity contribution in [3.63, 3.8) is 0 Å². The summed E-state index contributed by atoms with van der Waals surface area (Å²) in [5, 5.41) is 10.1. The molecule has 8 rings (SSSR count). The molecule has 1 saturated heterocycles. The van der Waals surface area contributed by atoms with Crippen molar-refractivity contribution < 1.29 is 52.6 Å². The lowest BCUT2D eigenvalue weighted by atomic mass is 9.72. The molecule has 3 aromatic carbocycles. The van der Waals surface area contributed by atoms with Crippen molar-refractivity contribution in [2.24, 2.45) is 17.8 Å². The maximum absolute atomic E-state index is 15.6. The van der Waals surface area contributed by atoms with E-state index in [0.29, 0.717) is 63.2 Å². The lowest BCUT2D eigenvalue weighted by Crippen LogP contribution is -2.48. The van der Waals surface area contributed by atoms with Crippen molar-refractivity contribution in [2.45, 2.75) is 83.6 Å². The molecule has 67 heavy (non-hydrogen) atoms. The molecule has 362 valence electrons. The number of aromatic nitrogens is 1. The Balaban J connectivity index is 1.18. The zero-order valence-corrected chi connectivity index (χ0v) is 40.3. The summed E-state index contributed by atoms with van der Waals surface area (Å²) in [4.78, 5) is 33.4. The Morgan fingerprint density at radius 3 is 2.12 bits per heavy atom. The number of carbonyl (C=O) groups is 2. The topological polar surface area (TPSA) is 140 Å². The second-order valence-electron chi connectivity index (χ2n) is 18.1. The van der Waals surface area contributed by atoms with E-state index in [4.69, 9.17) is 43.0 Å². The van der Waals surface area contributed by atoms with Crippen LogP contribution in [0.25, 0.3) is 10.9 Å². The quantitative estimate of drug-likeness (QED) is 0.0916. The van der Waals surface area contributed by atoms with E-state index in [1.54, 1.807) is 39.9 Å². The van der Waals surface area contributed by atoms with Crippen molar-refractivity contribution in [2.75, 3.05) is 87.7 Å². The number of rotatable bonds is 19. The van der Waals surface area contributed by atoms with Crippen LogP contribution in [0, 0.1) is 17.8 Å². The Labute approximate surface area is 395 Å². The van der Waals surface area contributed by atoms with Gasteiger partial charge >= 0.3 is 0 Å². The van der Waals surface area contributed by atoms with Crippen LogP contribution in [0.15, 0.2) is 66.6 Å². The van der Waals surface area contributed by atoms with Crippen LogP contribution in [-0.2, 0) is 36.6 Å². The van der Waals surface area contributed by atoms with Gasteiger partial charge in [0.1, 0.15) is 0 Å². The minimum Gasteiger partial charge on any atom is -0.493 e. The molecule has 4 aliphatic rings. The number of allylic oxidation sites excluding steroid dienone is 1. The van der Waals surface area contributed by atoms with Crippen LogP contribution in [-0.4, -0.2) is 125 Å². The molecule has 1 aromatic heterocycles. The maximum Gasteiger partial charge on any atom is 0.289 e. The molecule has 0 radical (unpaired) electrons. The van der Waals surface area contributed by atoms with Gasteiger partial charge in [-0.15, -0.1) is 0 Å². The number of methoxy groups -OCH3 is 4. The number of fused-ring (bicyclic) bond motifs is 5. The first kappa shape index (κ1) is 48.3. The van der Waals surface area contributed by atoms with E-state index in [9.17, 15) is 4.79 Å². The molecule has 4 aliphatic heterocycles. The molecular weight excluding hydrogens is 855 g/mol. The van der Waals surface area contributed by atoms with Gasteiger partial charge in [-0.3, -0.25) is 19.1 Å². The van der Waals surface area contributed by atoms with Gasteiger partial charge in [-0.05, 0) is 115 Å². The van der Waals surface area contributed by atoms with Crippen LogP contribution in [0.3, 0.4) is 0 Å². The Morgan fingerprint density at radius 2 is 1.45 bits per heavy atom. The molecule has 0 bridgehead atoms. The largest absolute Gasteiger partial charge is 0.493 e. The van der Waals surface area contributed by atoms with Gasteiger partial charge in [0, 0.05) is 69.2 Å². The number of para-hydroxylation sites is 1. The lowest BCUT2D eigenvalue weighted by Gasteiger charge is -2.49. The average Bonchev–Trinajstić information content (AvgIpc) is 3.75. The molecule has 0 aliphatic carbocycles. The monoisotopic (exact) mass is 923 g/mol. The number of hydrogen-bond donors (Lipinski definition) is 1. The highest BCUT2D eigenvalue weighted by Crippen LogP contribution is 2.50. The van der Waals surface area contributed by atoms with Crippen LogP contribution in [0.4, 0.5) is 0 Å². The zero-order valence-electron chi connectivity index (χ0n) is 40.3. The van der Waals surface area contributed by atoms with Gasteiger partial charge in [-0.25, -0.2) is 0 Å². The van der Waals surface area contributed by atoms with Crippen molar-refractivity contribution in [3.8, 4) is 23.0 Å². The lowest BCUT2D eigenvalue weighted by molar-refractivity contribution is -0.173. The normalized spacial score (nSPS) is 23.7. The van der Waals surface area contributed by atoms with Crippen molar-refractivity contribution in [1.82, 2.24) is 14.4 Å². The molecule has 14 nitrogen and oxygen atoms in total. The standard InChI is InChI=1S/C53H69N3O11/c1-8-34-31-54-17-14-35-26-47(60-4)49(62-6)28-40(35)45(54)24-37(34)25-46-41-29-50(63-7)48(61-5)27-36(41)15-18-55(46)52(59)51-30-42(43-32-56(33(3)58)44-13-11-10-12-38(43)44)39(53(67-51)66-9-2)16-20-64-22-23-65-21-19-57/h10-13,26-30,32,34,37,39,42,45-46,53,57H,8-9,14-25,31H2,1-7H3/t34-,37+,39-,42+,45-,46+,53-/m0/s1. The van der Waals surface area contributed by atoms with Crippen molar-refractivity contribution in [1.29, 1.82) is 0 Å². The number of ether oxygens (including phenoxy) is 8. The van der Waals surface area contributed by atoms with Gasteiger partial charge in [0.15, 0.2) is 28.8 Å². The highest BCUT2D eigenvalue weighted by atomic mass is 16.7. The predicted molar refractivity (Wildman–Crippen MR) is 254 cm³/mol. The molecule has 1 N–H and O–H groups in total. The van der Waals surface area contributed by atoms with Gasteiger partial charge in [0.25, 0.3) is 5.91 Å². The molecule has 5 heterocycles. The molecule has 0 unspecified atom stereocenters. The third-order valence-electron chi connectivity index (χ3n) is 14.7. The van der Waals surface area contributed by atoms with E-state index in [-0.39, 0.29) is 60.6 Å². The number of carbonyl (C=O) groups excluding carboxylic acids is 2. The molecule has 14 heteroatoms. The number of benzene rings is 3. The smallest absolute Gasteiger partial charge is 0.289 e. The van der Waals surface area contributed by atoms with E-state index in [1.165, 1.54) is 11.1 Å². The van der Waals surface area contributed by atoms with E-state index in [1.807, 2.05) is 48.4 Å². The molecule has 4 aromatic rings. The predicted octanol–water partition coefficient (Wildman–Crippen LogP) is 7.89. The third kappa shape index (κ3) is 9.92. The van der Waals surface area contributed by atoms with Crippen LogP contribution in [0.2, 0.25) is 0 Å². The third-order valence-corrected chi connectivity index (χ3v) is 14.7. The molecule has 1 fully saturated rings. The summed E-state index contributed by atoms with van der Waals surface area (Å²) in [6.45, 7) is 9.89. The van der Waals surface area contributed by atoms with Gasteiger partial charge < -0.3 is 47.9 Å². The summed E-state index contributed by atoms with van der Waals surface area (Å²) in [5.74, 6) is 2.80. The van der Waals surface area contributed by atoms with Crippen LogP contribution < -0.4 is 18.9 Å². The molecule has 0 spiro atoms. The fourth-order valence-corrected chi connectivity index (χ4v) is 11.3. The minimum atomic E-state index is -0.775. The summed E-state index contributed by atoms with van der Waals surface area (Å²) in [6.07, 6.45) is 7.94. The van der Waals surface area contributed by atoms with E-state index < -0.39 is 6.29 Å². The van der Waals surface area contributed by atoms with Crippen LogP contribution in [0.1, 0.15) is 97.1 Å². The minimum absolute atomic E-state index is 0.0492. The average molecular weight is 924 g/mol. The Morgan fingerprint density at radius 1 is 0.791 bits per heavy atom. The summed E-state index contributed by atoms with van der Waals surface area (Å²) < 4.78 is 49.6. The number of nitrogens with zero attached hydrogens (tertiary/aromatic N) is 3. The van der Waals surface area contributed by atoms with E-state index in [2.05, 4.69) is 36.1 Å². The second kappa shape index (κ2) is 21.9. The molecule has 7 atom stereocenters. The number of piperidine rings is 1. The number of hydrogen-bond acceptors (Lipinski definition) is 12. The first-order valence-corrected chi connectivity index (χ1v) is 24.1. The maximum atomic E-state index is 15.6. The summed E-state index contributed by atoms with van der Waals surface area (Å²) in [6, 6.07) is 16.3. The van der Waals surface area contributed by atoms with E-state index in [0.717, 1.165) is 77.9 Å². The molecule has 0 saturated carbocycles. The van der Waals surface area contributed by atoms with Gasteiger partial charge in [-0.2, -0.15) is 0 Å². The summed E-state index contributed by atoms with van der Waals surface area (Å²) >= 11 is 0. The second-order valence-corrected chi connectivity index (χ2v) is 18.1. The summed E-state index contributed by atoms with van der Waals surface area (Å²) in [5.41, 5.74) is 6.50. The van der Waals surface area contributed by atoms with Crippen molar-refractivity contribution in [3.05, 3.63) is 94.4 Å². The molecular formula is C53H69N3O11. The van der Waals surface area contributed by atoms with Gasteiger partial charge in [0.2, 0.25) is 12.2 Å². The summed E-state index contributed by atoms with van der Waals surface area (Å²) in [7, 11) is 6.70. The van der Waals surface area contributed by atoms with Gasteiger partial charge in [-0.1, -0.05) is 31.5 Å².